The molecule has 2 aromatic carbocycles. The van der Waals surface area contributed by atoms with Crippen molar-refractivity contribution in [1.82, 2.24) is 9.88 Å². The molecular formula is C30H34N2O3. The van der Waals surface area contributed by atoms with Gasteiger partial charge in [0.1, 0.15) is 11.3 Å². The Kier molecular flexibility index (Phi) is 4.81. The zero-order valence-electron chi connectivity index (χ0n) is 20.5. The molecule has 35 heavy (non-hydrogen) atoms. The van der Waals surface area contributed by atoms with Gasteiger partial charge in [-0.1, -0.05) is 24.3 Å². The number of carbonyl (C=O) groups excluding carboxylic acids is 1. The first-order chi connectivity index (χ1) is 17.1. The number of piperidine rings is 1. The van der Waals surface area contributed by atoms with E-state index in [1.807, 2.05) is 24.3 Å². The van der Waals surface area contributed by atoms with E-state index < -0.39 is 0 Å². The first-order valence-corrected chi connectivity index (χ1v) is 13.4. The smallest absolute Gasteiger partial charge is 0.228 e. The summed E-state index contributed by atoms with van der Waals surface area (Å²) >= 11 is 0. The van der Waals surface area contributed by atoms with Crippen molar-refractivity contribution in [3.63, 3.8) is 0 Å². The average molecular weight is 471 g/mol. The minimum atomic E-state index is -0.172. The third-order valence-electron chi connectivity index (χ3n) is 9.66. The van der Waals surface area contributed by atoms with Crippen molar-refractivity contribution in [1.29, 1.82) is 0 Å². The highest BCUT2D eigenvalue weighted by Gasteiger charge is 2.61. The molecular weight excluding hydrogens is 436 g/mol. The molecule has 0 spiro atoms. The number of aromatic nitrogens is 1. The van der Waals surface area contributed by atoms with E-state index in [-0.39, 0.29) is 10.8 Å². The highest BCUT2D eigenvalue weighted by atomic mass is 16.5. The van der Waals surface area contributed by atoms with Crippen LogP contribution < -0.4 is 4.74 Å². The number of carbonyl (C=O) groups is 1. The van der Waals surface area contributed by atoms with Crippen LogP contribution in [0.25, 0.3) is 11.1 Å². The highest BCUT2D eigenvalue weighted by Crippen LogP contribution is 2.66. The molecule has 4 aliphatic carbocycles. The molecule has 2 unspecified atom stereocenters. The van der Waals surface area contributed by atoms with Crippen LogP contribution in [0.3, 0.4) is 0 Å². The van der Waals surface area contributed by atoms with Crippen LogP contribution in [0.2, 0.25) is 0 Å². The Morgan fingerprint density at radius 3 is 2.40 bits per heavy atom. The summed E-state index contributed by atoms with van der Waals surface area (Å²) in [6.45, 7) is 1.63. The highest BCUT2D eigenvalue weighted by molar-refractivity contribution is 5.84. The van der Waals surface area contributed by atoms with Crippen molar-refractivity contribution in [2.24, 2.45) is 17.3 Å². The lowest BCUT2D eigenvalue weighted by atomic mass is 9.42. The molecule has 8 rings (SSSR count). The van der Waals surface area contributed by atoms with Gasteiger partial charge >= 0.3 is 0 Å². The number of rotatable bonds is 4. The Morgan fingerprint density at radius 2 is 1.71 bits per heavy atom. The van der Waals surface area contributed by atoms with Crippen LogP contribution in [0.5, 0.6) is 5.75 Å². The largest absolute Gasteiger partial charge is 0.497 e. The van der Waals surface area contributed by atoms with Crippen LogP contribution in [0.4, 0.5) is 0 Å². The summed E-state index contributed by atoms with van der Waals surface area (Å²) in [5, 5.41) is 0. The van der Waals surface area contributed by atoms with Crippen molar-refractivity contribution in [3.8, 4) is 5.75 Å². The molecule has 1 saturated heterocycles. The van der Waals surface area contributed by atoms with E-state index in [1.165, 1.54) is 24.8 Å². The minimum Gasteiger partial charge on any atom is -0.497 e. The molecule has 5 heteroatoms. The summed E-state index contributed by atoms with van der Waals surface area (Å²) in [4.78, 5) is 21.1. The number of ether oxygens (including phenoxy) is 1. The average Bonchev–Trinajstić information content (AvgIpc) is 3.32. The predicted octanol–water partition coefficient (Wildman–Crippen LogP) is 6.08. The summed E-state index contributed by atoms with van der Waals surface area (Å²) in [6, 6.07) is 16.7. The molecule has 4 bridgehead atoms. The zero-order chi connectivity index (χ0) is 23.6. The van der Waals surface area contributed by atoms with Gasteiger partial charge in [0.2, 0.25) is 5.91 Å². The van der Waals surface area contributed by atoms with Crippen molar-refractivity contribution < 1.29 is 13.9 Å². The van der Waals surface area contributed by atoms with E-state index in [2.05, 4.69) is 29.2 Å². The van der Waals surface area contributed by atoms with Crippen molar-refractivity contribution in [2.75, 3.05) is 20.2 Å². The van der Waals surface area contributed by atoms with Crippen LogP contribution in [0.1, 0.15) is 68.7 Å². The normalized spacial score (nSPS) is 32.3. The van der Waals surface area contributed by atoms with Crippen LogP contribution >= 0.6 is 0 Å². The molecule has 5 nitrogen and oxygen atoms in total. The third kappa shape index (κ3) is 3.41. The van der Waals surface area contributed by atoms with E-state index in [1.54, 1.807) is 7.11 Å². The maximum Gasteiger partial charge on any atom is 0.228 e. The van der Waals surface area contributed by atoms with E-state index >= 15 is 0 Å². The fourth-order valence-electron chi connectivity index (χ4n) is 8.52. The van der Waals surface area contributed by atoms with Crippen LogP contribution in [-0.2, 0) is 10.2 Å². The van der Waals surface area contributed by atoms with Gasteiger partial charge in [0.25, 0.3) is 0 Å². The number of nitrogens with zero attached hydrogens (tertiary/aromatic N) is 2. The SMILES string of the molecule is COc1ccc(C23CC4CC(CC(C(=O)N5CCC(c6nc7ccccc7o6)CC5)(C4)C2)C3)cc1. The van der Waals surface area contributed by atoms with E-state index in [0.717, 1.165) is 67.9 Å². The van der Waals surface area contributed by atoms with Gasteiger partial charge in [-0.15, -0.1) is 0 Å². The van der Waals surface area contributed by atoms with Gasteiger partial charge in [0.05, 0.1) is 12.5 Å². The first kappa shape index (κ1) is 21.5. The molecule has 2 heterocycles. The van der Waals surface area contributed by atoms with Gasteiger partial charge in [0.15, 0.2) is 11.5 Å². The standard InChI is InChI=1S/C30H34N2O3/c1-34-24-8-6-23(7-9-24)29-15-20-14-21(16-29)18-30(17-20,19-29)28(33)32-12-10-22(11-13-32)27-31-25-4-2-3-5-26(25)35-27/h2-9,20-22H,10-19H2,1H3. The second-order valence-electron chi connectivity index (χ2n) is 11.8. The fourth-order valence-corrected chi connectivity index (χ4v) is 8.52. The Labute approximate surface area is 206 Å². The predicted molar refractivity (Wildman–Crippen MR) is 134 cm³/mol. The maximum atomic E-state index is 14.2. The molecule has 2 atom stereocenters. The van der Waals surface area contributed by atoms with Crippen LogP contribution in [0.15, 0.2) is 52.9 Å². The summed E-state index contributed by atoms with van der Waals surface area (Å²) < 4.78 is 11.5. The summed E-state index contributed by atoms with van der Waals surface area (Å²) in [6.07, 6.45) is 8.86. The number of benzene rings is 2. The van der Waals surface area contributed by atoms with Crippen molar-refractivity contribution in [3.05, 3.63) is 60.0 Å². The Balaban J connectivity index is 1.10. The fraction of sp³-hybridized carbons (Fsp3) is 0.533. The number of amides is 1. The second kappa shape index (κ2) is 7.84. The molecule has 5 aliphatic rings. The molecule has 4 saturated carbocycles. The molecule has 0 radical (unpaired) electrons. The minimum absolute atomic E-state index is 0.155. The van der Waals surface area contributed by atoms with Crippen molar-refractivity contribution >= 4 is 17.0 Å². The monoisotopic (exact) mass is 470 g/mol. The number of hydrogen-bond acceptors (Lipinski definition) is 4. The van der Waals surface area contributed by atoms with E-state index in [0.29, 0.717) is 23.7 Å². The lowest BCUT2D eigenvalue weighted by Crippen LogP contribution is -2.60. The van der Waals surface area contributed by atoms with Gasteiger partial charge in [0, 0.05) is 19.0 Å². The number of hydrogen-bond donors (Lipinski definition) is 0. The number of methoxy groups -OCH3 is 1. The Morgan fingerprint density at radius 1 is 1.00 bits per heavy atom. The molecule has 5 fully saturated rings. The summed E-state index contributed by atoms with van der Waals surface area (Å²) in [5.74, 6) is 3.84. The summed E-state index contributed by atoms with van der Waals surface area (Å²) in [5.41, 5.74) is 3.19. The van der Waals surface area contributed by atoms with Gasteiger partial charge in [-0.05, 0) is 98.4 Å². The molecule has 182 valence electrons. The van der Waals surface area contributed by atoms with E-state index in [4.69, 9.17) is 14.1 Å². The number of likely N-dealkylation sites (tertiary alicyclic amines) is 1. The molecule has 1 aromatic heterocycles. The molecule has 1 amide bonds. The second-order valence-corrected chi connectivity index (χ2v) is 11.8. The first-order valence-electron chi connectivity index (χ1n) is 13.4. The zero-order valence-corrected chi connectivity index (χ0v) is 20.5. The molecule has 1 aliphatic heterocycles. The Hall–Kier alpha value is -2.82. The van der Waals surface area contributed by atoms with Gasteiger partial charge in [-0.25, -0.2) is 4.98 Å². The topological polar surface area (TPSA) is 55.6 Å². The van der Waals surface area contributed by atoms with Gasteiger partial charge in [-0.3, -0.25) is 4.79 Å². The lowest BCUT2D eigenvalue weighted by molar-refractivity contribution is -0.161. The van der Waals surface area contributed by atoms with Crippen LogP contribution in [0, 0.1) is 17.3 Å². The number of para-hydroxylation sites is 2. The number of fused-ring (bicyclic) bond motifs is 1. The van der Waals surface area contributed by atoms with Gasteiger partial charge in [-0.2, -0.15) is 0 Å². The Bertz CT molecular complexity index is 1210. The maximum absolute atomic E-state index is 14.2. The lowest BCUT2D eigenvalue weighted by Gasteiger charge is -2.62. The molecule has 0 N–H and O–H groups in total. The quantitative estimate of drug-likeness (QED) is 0.464. The van der Waals surface area contributed by atoms with Crippen molar-refractivity contribution in [2.45, 2.75) is 62.7 Å². The van der Waals surface area contributed by atoms with Crippen LogP contribution in [-0.4, -0.2) is 36.0 Å². The molecule has 3 aromatic rings. The third-order valence-corrected chi connectivity index (χ3v) is 9.66. The summed E-state index contributed by atoms with van der Waals surface area (Å²) in [7, 11) is 1.72. The number of oxazole rings is 1. The van der Waals surface area contributed by atoms with Gasteiger partial charge < -0.3 is 14.1 Å². The van der Waals surface area contributed by atoms with E-state index in [9.17, 15) is 4.79 Å².